The van der Waals surface area contributed by atoms with Crippen LogP contribution < -0.4 is 15.1 Å². The molecule has 22 heavy (non-hydrogen) atoms. The first-order valence-electron chi connectivity index (χ1n) is 6.78. The molecule has 0 unspecified atom stereocenters. The van der Waals surface area contributed by atoms with E-state index in [9.17, 15) is 23.1 Å². The molecule has 0 spiro atoms. The van der Waals surface area contributed by atoms with Gasteiger partial charge in [-0.15, -0.1) is 0 Å². The summed E-state index contributed by atoms with van der Waals surface area (Å²) < 4.78 is 26.6. The summed E-state index contributed by atoms with van der Waals surface area (Å²) in [7, 11) is -3.99. The van der Waals surface area contributed by atoms with Gasteiger partial charge in [0, 0.05) is 12.6 Å². The Hall–Kier alpha value is -1.93. The van der Waals surface area contributed by atoms with Gasteiger partial charge < -0.3 is 15.2 Å². The molecule has 8 heteroatoms. The summed E-state index contributed by atoms with van der Waals surface area (Å²) >= 11 is 0. The summed E-state index contributed by atoms with van der Waals surface area (Å²) in [4.78, 5) is 21.9. The van der Waals surface area contributed by atoms with Crippen LogP contribution in [0, 0.1) is 5.92 Å². The number of aliphatic carboxylic acids is 1. The van der Waals surface area contributed by atoms with Gasteiger partial charge in [-0.3, -0.25) is 4.79 Å². The molecule has 0 saturated heterocycles. The molecule has 0 aliphatic rings. The van der Waals surface area contributed by atoms with Gasteiger partial charge in [-0.25, -0.2) is 13.1 Å². The molecule has 1 amide bonds. The summed E-state index contributed by atoms with van der Waals surface area (Å²) in [6, 6.07) is 4.12. The predicted molar refractivity (Wildman–Crippen MR) is 79.3 cm³/mol. The number of hydrogen-bond acceptors (Lipinski definition) is 5. The van der Waals surface area contributed by atoms with Crippen LogP contribution in [-0.4, -0.2) is 26.3 Å². The van der Waals surface area contributed by atoms with Crippen LogP contribution >= 0.6 is 0 Å². The SMILES string of the molecule is CC[C@@H](C)[C@H](NS(=O)(=O)c1ccc(NC(C)=O)cc1)C(=O)[O-]. The van der Waals surface area contributed by atoms with Gasteiger partial charge in [-0.2, -0.15) is 0 Å². The smallest absolute Gasteiger partial charge is 0.241 e. The van der Waals surface area contributed by atoms with Crippen LogP contribution in [0.5, 0.6) is 0 Å². The lowest BCUT2D eigenvalue weighted by atomic mass is 10.0. The van der Waals surface area contributed by atoms with Gasteiger partial charge in [0.25, 0.3) is 0 Å². The number of carboxylic acid groups (broad SMARTS) is 1. The minimum absolute atomic E-state index is 0.0869. The minimum Gasteiger partial charge on any atom is -0.548 e. The van der Waals surface area contributed by atoms with Crippen molar-refractivity contribution in [2.75, 3.05) is 5.32 Å². The molecule has 0 saturated carbocycles. The normalized spacial score (nSPS) is 14.1. The Morgan fingerprint density at radius 2 is 1.77 bits per heavy atom. The Morgan fingerprint density at radius 3 is 2.18 bits per heavy atom. The topological polar surface area (TPSA) is 115 Å². The zero-order valence-corrected chi connectivity index (χ0v) is 13.4. The highest BCUT2D eigenvalue weighted by atomic mass is 32.2. The lowest BCUT2D eigenvalue weighted by molar-refractivity contribution is -0.309. The fourth-order valence-corrected chi connectivity index (χ4v) is 3.08. The van der Waals surface area contributed by atoms with Crippen molar-refractivity contribution in [3.05, 3.63) is 24.3 Å². The van der Waals surface area contributed by atoms with Crippen LogP contribution in [0.4, 0.5) is 5.69 Å². The number of nitrogens with one attached hydrogen (secondary N) is 2. The summed E-state index contributed by atoms with van der Waals surface area (Å²) in [5, 5.41) is 13.6. The Morgan fingerprint density at radius 1 is 1.23 bits per heavy atom. The van der Waals surface area contributed by atoms with E-state index in [0.29, 0.717) is 12.1 Å². The summed E-state index contributed by atoms with van der Waals surface area (Å²) in [6.45, 7) is 4.72. The molecule has 122 valence electrons. The number of rotatable bonds is 7. The molecular formula is C14H19N2O5S-. The Balaban J connectivity index is 2.98. The van der Waals surface area contributed by atoms with Crippen molar-refractivity contribution in [2.45, 2.75) is 38.1 Å². The number of anilines is 1. The lowest BCUT2D eigenvalue weighted by Gasteiger charge is -2.24. The van der Waals surface area contributed by atoms with Gasteiger partial charge in [-0.05, 0) is 30.2 Å². The maximum Gasteiger partial charge on any atom is 0.241 e. The Labute approximate surface area is 129 Å². The third-order valence-corrected chi connectivity index (χ3v) is 4.69. The van der Waals surface area contributed by atoms with Crippen LogP contribution in [0.25, 0.3) is 0 Å². The van der Waals surface area contributed by atoms with Crippen LogP contribution in [0.15, 0.2) is 29.2 Å². The van der Waals surface area contributed by atoms with Crippen molar-refractivity contribution >= 4 is 27.6 Å². The van der Waals surface area contributed by atoms with Gasteiger partial charge in [0.1, 0.15) is 0 Å². The standard InChI is InChI=1S/C14H20N2O5S/c1-4-9(2)13(14(18)19)16-22(20,21)12-7-5-11(6-8-12)15-10(3)17/h5-9,13,16H,4H2,1-3H3,(H,15,17)(H,18,19)/p-1/t9-,13+/m1/s1. The second-order valence-electron chi connectivity index (χ2n) is 5.01. The molecule has 1 rings (SSSR count). The van der Waals surface area contributed by atoms with Gasteiger partial charge in [0.05, 0.1) is 16.9 Å². The highest BCUT2D eigenvalue weighted by Crippen LogP contribution is 2.16. The van der Waals surface area contributed by atoms with E-state index >= 15 is 0 Å². The third kappa shape index (κ3) is 4.81. The van der Waals surface area contributed by atoms with E-state index in [-0.39, 0.29) is 10.8 Å². The first-order chi connectivity index (χ1) is 10.2. The summed E-state index contributed by atoms with van der Waals surface area (Å²) in [5.41, 5.74) is 0.449. The molecule has 0 aromatic heterocycles. The molecule has 0 bridgehead atoms. The molecule has 2 atom stereocenters. The van der Waals surface area contributed by atoms with Crippen LogP contribution in [-0.2, 0) is 19.6 Å². The monoisotopic (exact) mass is 327 g/mol. The highest BCUT2D eigenvalue weighted by molar-refractivity contribution is 7.89. The van der Waals surface area contributed by atoms with Gasteiger partial charge in [0.2, 0.25) is 15.9 Å². The zero-order valence-electron chi connectivity index (χ0n) is 12.6. The zero-order chi connectivity index (χ0) is 16.9. The highest BCUT2D eigenvalue weighted by Gasteiger charge is 2.24. The maximum atomic E-state index is 12.2. The van der Waals surface area contributed by atoms with E-state index in [0.717, 1.165) is 0 Å². The largest absolute Gasteiger partial charge is 0.548 e. The van der Waals surface area contributed by atoms with Crippen molar-refractivity contribution in [2.24, 2.45) is 5.92 Å². The van der Waals surface area contributed by atoms with E-state index in [2.05, 4.69) is 10.0 Å². The second-order valence-corrected chi connectivity index (χ2v) is 6.72. The van der Waals surface area contributed by atoms with E-state index in [4.69, 9.17) is 0 Å². The van der Waals surface area contributed by atoms with Crippen LogP contribution in [0.2, 0.25) is 0 Å². The molecule has 1 aromatic rings. The molecule has 7 nitrogen and oxygen atoms in total. The first-order valence-corrected chi connectivity index (χ1v) is 8.26. The number of hydrogen-bond donors (Lipinski definition) is 2. The third-order valence-electron chi connectivity index (χ3n) is 3.23. The lowest BCUT2D eigenvalue weighted by Crippen LogP contribution is -2.51. The number of benzene rings is 1. The van der Waals surface area contributed by atoms with Gasteiger partial charge in [0.15, 0.2) is 0 Å². The van der Waals surface area contributed by atoms with Crippen molar-refractivity contribution in [3.63, 3.8) is 0 Å². The number of sulfonamides is 1. The fraction of sp³-hybridized carbons (Fsp3) is 0.429. The molecule has 0 aliphatic heterocycles. The Bertz CT molecular complexity index is 640. The average Bonchev–Trinajstić information content (AvgIpc) is 2.43. The number of carboxylic acids is 1. The van der Waals surface area contributed by atoms with Crippen LogP contribution in [0.1, 0.15) is 27.2 Å². The van der Waals surface area contributed by atoms with Crippen molar-refractivity contribution in [1.29, 1.82) is 0 Å². The fourth-order valence-electron chi connectivity index (χ4n) is 1.79. The molecule has 1 aromatic carbocycles. The van der Waals surface area contributed by atoms with Gasteiger partial charge >= 0.3 is 0 Å². The number of carbonyl (C=O) groups is 2. The molecule has 0 aliphatic carbocycles. The first kappa shape index (κ1) is 18.1. The van der Waals surface area contributed by atoms with E-state index < -0.39 is 28.0 Å². The van der Waals surface area contributed by atoms with Crippen molar-refractivity contribution in [3.8, 4) is 0 Å². The predicted octanol–water partition coefficient (Wildman–Crippen LogP) is 0.0879. The molecule has 0 radical (unpaired) electrons. The average molecular weight is 327 g/mol. The molecule has 2 N–H and O–H groups in total. The van der Waals surface area contributed by atoms with Crippen LogP contribution in [0.3, 0.4) is 0 Å². The number of carbonyl (C=O) groups excluding carboxylic acids is 2. The Kier molecular flexibility index (Phi) is 6.07. The van der Waals surface area contributed by atoms with Gasteiger partial charge in [-0.1, -0.05) is 20.3 Å². The molecule has 0 heterocycles. The summed E-state index contributed by atoms with van der Waals surface area (Å²) in [6.07, 6.45) is 0.489. The van der Waals surface area contributed by atoms with E-state index in [1.807, 2.05) is 0 Å². The van der Waals surface area contributed by atoms with Crippen molar-refractivity contribution in [1.82, 2.24) is 4.72 Å². The van der Waals surface area contributed by atoms with E-state index in [1.165, 1.54) is 31.2 Å². The van der Waals surface area contributed by atoms with Crippen molar-refractivity contribution < 1.29 is 23.1 Å². The molecule has 0 fully saturated rings. The molecular weight excluding hydrogens is 308 g/mol. The van der Waals surface area contributed by atoms with E-state index in [1.54, 1.807) is 13.8 Å². The maximum absolute atomic E-state index is 12.2. The minimum atomic E-state index is -3.99. The summed E-state index contributed by atoms with van der Waals surface area (Å²) in [5.74, 6) is -2.14. The second kappa shape index (κ2) is 7.37. The quantitative estimate of drug-likeness (QED) is 0.736. The number of amides is 1.